The number of carbonyl (C=O) groups is 2. The molecule has 158 valence electrons. The van der Waals surface area contributed by atoms with Gasteiger partial charge >= 0.3 is 5.97 Å². The third-order valence-electron chi connectivity index (χ3n) is 5.57. The minimum atomic E-state index is -0.331. The number of nitrogens with zero attached hydrogens (tertiary/aromatic N) is 3. The number of allylic oxidation sites excluding steroid dienone is 2. The molecule has 7 nitrogen and oxygen atoms in total. The number of ether oxygens (including phenoxy) is 1. The van der Waals surface area contributed by atoms with Crippen molar-refractivity contribution in [1.82, 2.24) is 14.8 Å². The highest BCUT2D eigenvalue weighted by Gasteiger charge is 2.38. The third kappa shape index (κ3) is 3.88. The molecule has 1 N–H and O–H groups in total. The fraction of sp³-hybridized carbons (Fsp3) is 0.455. The molecular weight excluding hydrogens is 400 g/mol. The summed E-state index contributed by atoms with van der Waals surface area (Å²) in [5.41, 5.74) is 3.96. The van der Waals surface area contributed by atoms with Gasteiger partial charge in [-0.3, -0.25) is 9.59 Å². The van der Waals surface area contributed by atoms with E-state index in [2.05, 4.69) is 60.4 Å². The van der Waals surface area contributed by atoms with Crippen LogP contribution in [0, 0.1) is 5.92 Å². The van der Waals surface area contributed by atoms with E-state index in [0.717, 1.165) is 23.3 Å². The number of anilines is 1. The quantitative estimate of drug-likeness (QED) is 0.572. The summed E-state index contributed by atoms with van der Waals surface area (Å²) in [6.07, 6.45) is 1.34. The number of ketones is 1. The molecular formula is C22H26N4O3S. The van der Waals surface area contributed by atoms with Crippen LogP contribution in [-0.4, -0.2) is 39.4 Å². The number of hydrogen-bond acceptors (Lipinski definition) is 7. The molecule has 30 heavy (non-hydrogen) atoms. The number of Topliss-reactive ketones (excluding diaryl/α,β-unsaturated/α-hetero) is 1. The van der Waals surface area contributed by atoms with Crippen molar-refractivity contribution in [2.75, 3.05) is 18.2 Å². The van der Waals surface area contributed by atoms with Crippen LogP contribution >= 0.6 is 11.8 Å². The minimum absolute atomic E-state index is 0.136. The monoisotopic (exact) mass is 426 g/mol. The number of esters is 1. The van der Waals surface area contributed by atoms with E-state index in [1.807, 2.05) is 0 Å². The second kappa shape index (κ2) is 8.26. The number of methoxy groups -OCH3 is 1. The first-order valence-corrected chi connectivity index (χ1v) is 11.1. The van der Waals surface area contributed by atoms with Crippen molar-refractivity contribution in [3.8, 4) is 0 Å². The maximum absolute atomic E-state index is 13.0. The molecule has 0 radical (unpaired) electrons. The number of rotatable bonds is 5. The van der Waals surface area contributed by atoms with Crippen molar-refractivity contribution >= 4 is 29.5 Å². The first kappa shape index (κ1) is 20.7. The Balaban J connectivity index is 1.75. The Hall–Kier alpha value is -2.61. The van der Waals surface area contributed by atoms with Crippen LogP contribution in [0.15, 0.2) is 40.7 Å². The van der Waals surface area contributed by atoms with Crippen LogP contribution in [-0.2, 0) is 14.3 Å². The zero-order valence-corrected chi connectivity index (χ0v) is 18.5. The maximum Gasteiger partial charge on any atom is 0.316 e. The topological polar surface area (TPSA) is 86.1 Å². The summed E-state index contributed by atoms with van der Waals surface area (Å²) >= 11 is 1.22. The van der Waals surface area contributed by atoms with Gasteiger partial charge in [-0.2, -0.15) is 4.98 Å². The Morgan fingerprint density at radius 3 is 2.70 bits per heavy atom. The number of hydrogen-bond donors (Lipinski definition) is 1. The van der Waals surface area contributed by atoms with E-state index in [0.29, 0.717) is 23.4 Å². The van der Waals surface area contributed by atoms with Crippen LogP contribution in [0.5, 0.6) is 0 Å². The van der Waals surface area contributed by atoms with Gasteiger partial charge < -0.3 is 10.1 Å². The summed E-state index contributed by atoms with van der Waals surface area (Å²) < 4.78 is 6.48. The number of thioether (sulfide) groups is 1. The Labute approximate surface area is 180 Å². The zero-order chi connectivity index (χ0) is 21.4. The molecule has 0 bridgehead atoms. The molecule has 0 amide bonds. The second-order valence-electron chi connectivity index (χ2n) is 8.21. The molecule has 1 aliphatic carbocycles. The van der Waals surface area contributed by atoms with Crippen molar-refractivity contribution < 1.29 is 14.3 Å². The number of benzene rings is 1. The van der Waals surface area contributed by atoms with Gasteiger partial charge in [0.25, 0.3) is 0 Å². The van der Waals surface area contributed by atoms with Crippen LogP contribution < -0.4 is 5.32 Å². The van der Waals surface area contributed by atoms with Crippen molar-refractivity contribution in [2.45, 2.75) is 50.7 Å². The highest BCUT2D eigenvalue weighted by atomic mass is 32.2. The lowest BCUT2D eigenvalue weighted by atomic mass is 9.81. The molecule has 1 aromatic heterocycles. The number of nitrogens with one attached hydrogen (secondary N) is 1. The van der Waals surface area contributed by atoms with Gasteiger partial charge in [-0.1, -0.05) is 56.8 Å². The van der Waals surface area contributed by atoms with Crippen LogP contribution in [0.4, 0.5) is 5.95 Å². The normalized spacial score (nSPS) is 20.6. The van der Waals surface area contributed by atoms with Gasteiger partial charge in [0.1, 0.15) is 6.04 Å². The van der Waals surface area contributed by atoms with Gasteiger partial charge in [0.15, 0.2) is 5.78 Å². The lowest BCUT2D eigenvalue weighted by Gasteiger charge is -2.34. The van der Waals surface area contributed by atoms with Gasteiger partial charge in [0.2, 0.25) is 11.1 Å². The highest BCUT2D eigenvalue weighted by Crippen LogP contribution is 2.42. The minimum Gasteiger partial charge on any atom is -0.468 e. The standard InChI is InChI=1S/C22H26N4O3S/c1-12(2)14-5-7-15(8-6-14)20-19-16(9-13(3)10-17(19)27)23-21-24-22(25-26(20)21)30-11-18(28)29-4/h5-8,12-13,20H,9-11H2,1-4H3,(H,23,24,25)/t13-,20-/m0/s1. The summed E-state index contributed by atoms with van der Waals surface area (Å²) in [5, 5.41) is 8.44. The molecule has 2 atom stereocenters. The maximum atomic E-state index is 13.0. The zero-order valence-electron chi connectivity index (χ0n) is 17.6. The molecule has 1 aromatic carbocycles. The first-order valence-electron chi connectivity index (χ1n) is 10.2. The van der Waals surface area contributed by atoms with Gasteiger partial charge in [0.05, 0.1) is 12.9 Å². The van der Waals surface area contributed by atoms with Gasteiger partial charge in [-0.15, -0.1) is 5.10 Å². The molecule has 0 saturated carbocycles. The van der Waals surface area contributed by atoms with E-state index in [1.54, 1.807) is 4.68 Å². The van der Waals surface area contributed by atoms with Gasteiger partial charge in [-0.25, -0.2) is 4.68 Å². The van der Waals surface area contributed by atoms with E-state index in [9.17, 15) is 9.59 Å². The second-order valence-corrected chi connectivity index (χ2v) is 9.15. The van der Waals surface area contributed by atoms with Crippen LogP contribution in [0.1, 0.15) is 56.7 Å². The molecule has 0 spiro atoms. The van der Waals surface area contributed by atoms with E-state index in [4.69, 9.17) is 4.74 Å². The lowest BCUT2D eigenvalue weighted by Crippen LogP contribution is -2.33. The number of aromatic nitrogens is 3. The van der Waals surface area contributed by atoms with Crippen molar-refractivity contribution in [3.63, 3.8) is 0 Å². The summed E-state index contributed by atoms with van der Waals surface area (Å²) in [7, 11) is 1.36. The Kier molecular flexibility index (Phi) is 5.69. The van der Waals surface area contributed by atoms with Crippen molar-refractivity contribution in [2.24, 2.45) is 5.92 Å². The predicted molar refractivity (Wildman–Crippen MR) is 115 cm³/mol. The fourth-order valence-electron chi connectivity index (χ4n) is 4.00. The van der Waals surface area contributed by atoms with E-state index >= 15 is 0 Å². The van der Waals surface area contributed by atoms with Crippen LogP contribution in [0.2, 0.25) is 0 Å². The molecule has 0 unspecified atom stereocenters. The van der Waals surface area contributed by atoms with E-state index < -0.39 is 0 Å². The SMILES string of the molecule is COC(=O)CSc1nc2n(n1)[C@@H](c1ccc(C(C)C)cc1)C1=C(C[C@H](C)CC1=O)N2. The van der Waals surface area contributed by atoms with Crippen LogP contribution in [0.25, 0.3) is 0 Å². The van der Waals surface area contributed by atoms with Gasteiger partial charge in [-0.05, 0) is 29.4 Å². The molecule has 8 heteroatoms. The lowest BCUT2D eigenvalue weighted by molar-refractivity contribution is -0.137. The molecule has 1 aliphatic heterocycles. The average molecular weight is 427 g/mol. The predicted octanol–water partition coefficient (Wildman–Crippen LogP) is 3.93. The molecule has 2 aliphatic rings. The largest absolute Gasteiger partial charge is 0.468 e. The third-order valence-corrected chi connectivity index (χ3v) is 6.38. The molecule has 2 aromatic rings. The molecule has 0 fully saturated rings. The van der Waals surface area contributed by atoms with E-state index in [-0.39, 0.29) is 29.5 Å². The molecule has 2 heterocycles. The summed E-state index contributed by atoms with van der Waals surface area (Å²) in [4.78, 5) is 29.1. The molecule has 4 rings (SSSR count). The smallest absolute Gasteiger partial charge is 0.316 e. The Morgan fingerprint density at radius 2 is 2.03 bits per heavy atom. The number of fused-ring (bicyclic) bond motifs is 1. The first-order chi connectivity index (χ1) is 14.4. The Bertz CT molecular complexity index is 1010. The number of carbonyl (C=O) groups excluding carboxylic acids is 2. The highest BCUT2D eigenvalue weighted by molar-refractivity contribution is 7.99. The fourth-order valence-corrected chi connectivity index (χ4v) is 4.66. The summed E-state index contributed by atoms with van der Waals surface area (Å²) in [5.74, 6) is 1.28. The van der Waals surface area contributed by atoms with Crippen molar-refractivity contribution in [3.05, 3.63) is 46.7 Å². The average Bonchev–Trinajstić information content (AvgIpc) is 3.12. The van der Waals surface area contributed by atoms with Crippen LogP contribution in [0.3, 0.4) is 0 Å². The van der Waals surface area contributed by atoms with E-state index in [1.165, 1.54) is 24.4 Å². The van der Waals surface area contributed by atoms with Gasteiger partial charge in [0, 0.05) is 17.7 Å². The Morgan fingerprint density at radius 1 is 1.30 bits per heavy atom. The van der Waals surface area contributed by atoms with Crippen molar-refractivity contribution in [1.29, 1.82) is 0 Å². The summed E-state index contributed by atoms with van der Waals surface area (Å²) in [6, 6.07) is 8.06. The summed E-state index contributed by atoms with van der Waals surface area (Å²) in [6.45, 7) is 6.41. The molecule has 0 saturated heterocycles.